The number of likely N-dealkylation sites (tertiary alicyclic amines) is 1. The number of nitrogens with two attached hydrogens (primary N) is 1. The molecule has 0 spiro atoms. The van der Waals surface area contributed by atoms with Gasteiger partial charge in [0, 0.05) is 12.0 Å². The van der Waals surface area contributed by atoms with E-state index in [0.717, 1.165) is 24.1 Å². The van der Waals surface area contributed by atoms with E-state index in [-0.39, 0.29) is 0 Å². The van der Waals surface area contributed by atoms with Crippen LogP contribution in [-0.2, 0) is 6.54 Å². The zero-order valence-electron chi connectivity index (χ0n) is 14.4. The fourth-order valence-electron chi connectivity index (χ4n) is 3.37. The molecule has 2 atom stereocenters. The van der Waals surface area contributed by atoms with E-state index >= 15 is 0 Å². The fraction of sp³-hybridized carbons (Fsp3) is 0.667. The van der Waals surface area contributed by atoms with Gasteiger partial charge in [-0.2, -0.15) is 0 Å². The largest absolute Gasteiger partial charge is 0.493 e. The van der Waals surface area contributed by atoms with Gasteiger partial charge in [0.15, 0.2) is 11.5 Å². The second kappa shape index (κ2) is 9.01. The Hall–Kier alpha value is -1.26. The quantitative estimate of drug-likeness (QED) is 0.691. The highest BCUT2D eigenvalue weighted by molar-refractivity contribution is 5.42. The summed E-state index contributed by atoms with van der Waals surface area (Å²) >= 11 is 0. The Morgan fingerprint density at radius 2 is 2.00 bits per heavy atom. The molecule has 124 valence electrons. The predicted molar refractivity (Wildman–Crippen MR) is 88.7 cm³/mol. The van der Waals surface area contributed by atoms with Crippen molar-refractivity contribution in [3.63, 3.8) is 0 Å². The highest BCUT2D eigenvalue weighted by Crippen LogP contribution is 2.27. The molecule has 1 aliphatic rings. The predicted octanol–water partition coefficient (Wildman–Crippen LogP) is 0.615. The molecule has 3 N–H and O–H groups in total. The lowest BCUT2D eigenvalue weighted by molar-refractivity contribution is -0.930. The molecule has 1 saturated heterocycles. The molecular weight excluding hydrogens is 276 g/mol. The average Bonchev–Trinajstić information content (AvgIpc) is 2.56. The van der Waals surface area contributed by atoms with Crippen LogP contribution in [0.15, 0.2) is 18.2 Å². The Balaban J connectivity index is 1.68. The number of hydrogen-bond donors (Lipinski definition) is 2. The second-order valence-corrected chi connectivity index (χ2v) is 6.38. The molecule has 1 aliphatic heterocycles. The minimum atomic E-state index is 0.800. The van der Waals surface area contributed by atoms with Gasteiger partial charge < -0.3 is 19.7 Å². The molecule has 0 aromatic heterocycles. The third-order valence-electron chi connectivity index (χ3n) is 4.82. The molecule has 1 unspecified atom stereocenters. The van der Waals surface area contributed by atoms with E-state index in [1.165, 1.54) is 50.9 Å². The molecule has 22 heavy (non-hydrogen) atoms. The number of quaternary nitrogens is 2. The number of ether oxygens (including phenoxy) is 2. The summed E-state index contributed by atoms with van der Waals surface area (Å²) in [6.07, 6.45) is 5.54. The van der Waals surface area contributed by atoms with Gasteiger partial charge >= 0.3 is 0 Å². The van der Waals surface area contributed by atoms with Crippen LogP contribution < -0.4 is 19.7 Å². The van der Waals surface area contributed by atoms with Gasteiger partial charge in [-0.05, 0) is 44.4 Å². The number of rotatable bonds is 8. The molecule has 1 heterocycles. The maximum atomic E-state index is 5.35. The van der Waals surface area contributed by atoms with Crippen molar-refractivity contribution in [3.05, 3.63) is 23.8 Å². The van der Waals surface area contributed by atoms with Crippen LogP contribution in [0.3, 0.4) is 0 Å². The summed E-state index contributed by atoms with van der Waals surface area (Å²) in [5.41, 5.74) is 1.29. The van der Waals surface area contributed by atoms with Crippen LogP contribution in [0.25, 0.3) is 0 Å². The zero-order chi connectivity index (χ0) is 15.8. The van der Waals surface area contributed by atoms with E-state index in [9.17, 15) is 0 Å². The van der Waals surface area contributed by atoms with E-state index in [4.69, 9.17) is 9.47 Å². The van der Waals surface area contributed by atoms with Gasteiger partial charge in [0.2, 0.25) is 0 Å². The molecule has 0 bridgehead atoms. The zero-order valence-corrected chi connectivity index (χ0v) is 14.4. The van der Waals surface area contributed by atoms with E-state index < -0.39 is 0 Å². The van der Waals surface area contributed by atoms with Crippen LogP contribution in [-0.4, -0.2) is 39.9 Å². The second-order valence-electron chi connectivity index (χ2n) is 6.38. The summed E-state index contributed by atoms with van der Waals surface area (Å²) in [7, 11) is 3.36. The molecule has 4 nitrogen and oxygen atoms in total. The van der Waals surface area contributed by atoms with Crippen molar-refractivity contribution in [2.45, 2.75) is 45.2 Å². The minimum absolute atomic E-state index is 0.800. The summed E-state index contributed by atoms with van der Waals surface area (Å²) in [6, 6.07) is 7.05. The third-order valence-corrected chi connectivity index (χ3v) is 4.82. The Labute approximate surface area is 134 Å². The highest BCUT2D eigenvalue weighted by atomic mass is 16.5. The van der Waals surface area contributed by atoms with Crippen LogP contribution in [0, 0.1) is 0 Å². The van der Waals surface area contributed by atoms with Crippen LogP contribution in [0.2, 0.25) is 0 Å². The Morgan fingerprint density at radius 3 is 2.73 bits per heavy atom. The molecule has 0 aliphatic carbocycles. The fourth-order valence-corrected chi connectivity index (χ4v) is 3.37. The first kappa shape index (κ1) is 17.1. The van der Waals surface area contributed by atoms with Crippen molar-refractivity contribution >= 4 is 0 Å². The van der Waals surface area contributed by atoms with E-state index in [0.29, 0.717) is 0 Å². The first-order valence-electron chi connectivity index (χ1n) is 8.61. The van der Waals surface area contributed by atoms with Gasteiger partial charge in [-0.1, -0.05) is 0 Å². The smallest absolute Gasteiger partial charge is 0.161 e. The summed E-state index contributed by atoms with van der Waals surface area (Å²) in [4.78, 5) is 1.81. The van der Waals surface area contributed by atoms with Crippen LogP contribution in [0.1, 0.15) is 38.2 Å². The molecule has 4 heteroatoms. The van der Waals surface area contributed by atoms with Gasteiger partial charge in [-0.3, -0.25) is 0 Å². The van der Waals surface area contributed by atoms with Gasteiger partial charge in [-0.15, -0.1) is 0 Å². The summed E-state index contributed by atoms with van der Waals surface area (Å²) in [5, 5.41) is 2.40. The molecule has 2 rings (SSSR count). The van der Waals surface area contributed by atoms with E-state index in [1.807, 2.05) is 11.0 Å². The van der Waals surface area contributed by atoms with Crippen molar-refractivity contribution < 1.29 is 19.7 Å². The number of nitrogens with one attached hydrogen (secondary N) is 1. The topological polar surface area (TPSA) is 39.5 Å². The first-order chi connectivity index (χ1) is 10.7. The average molecular weight is 308 g/mol. The Morgan fingerprint density at radius 1 is 1.18 bits per heavy atom. The van der Waals surface area contributed by atoms with E-state index in [2.05, 4.69) is 24.4 Å². The monoisotopic (exact) mass is 308 g/mol. The van der Waals surface area contributed by atoms with Crippen LogP contribution in [0.4, 0.5) is 0 Å². The minimum Gasteiger partial charge on any atom is -0.493 e. The maximum Gasteiger partial charge on any atom is 0.161 e. The highest BCUT2D eigenvalue weighted by Gasteiger charge is 2.20. The van der Waals surface area contributed by atoms with Crippen molar-refractivity contribution in [2.24, 2.45) is 0 Å². The molecule has 0 saturated carbocycles. The molecule has 1 aromatic rings. The lowest BCUT2D eigenvalue weighted by atomic mass is 10.0. The Bertz CT molecular complexity index is 451. The van der Waals surface area contributed by atoms with Crippen molar-refractivity contribution in [2.75, 3.05) is 33.9 Å². The normalized spacial score (nSPS) is 21.6. The third kappa shape index (κ3) is 4.89. The molecule has 1 fully saturated rings. The van der Waals surface area contributed by atoms with Crippen molar-refractivity contribution in [1.29, 1.82) is 0 Å². The van der Waals surface area contributed by atoms with Crippen LogP contribution >= 0.6 is 0 Å². The van der Waals surface area contributed by atoms with Crippen LogP contribution in [0.5, 0.6) is 11.5 Å². The first-order valence-corrected chi connectivity index (χ1v) is 8.61. The van der Waals surface area contributed by atoms with Crippen molar-refractivity contribution in [3.8, 4) is 11.5 Å². The molecule has 0 radical (unpaired) electrons. The number of methoxy groups -OCH3 is 2. The maximum absolute atomic E-state index is 5.35. The number of piperidine rings is 1. The SMILES string of the molecule is COc1ccc(C[NH2+]CCC[NH+]2CCCC[C@@H]2C)cc1OC. The van der Waals surface area contributed by atoms with E-state index in [1.54, 1.807) is 14.2 Å². The van der Waals surface area contributed by atoms with Gasteiger partial charge in [-0.25, -0.2) is 0 Å². The van der Waals surface area contributed by atoms with Gasteiger partial charge in [0.05, 0.1) is 39.9 Å². The summed E-state index contributed by atoms with van der Waals surface area (Å²) in [6.45, 7) is 7.30. The Kier molecular flexibility index (Phi) is 7.00. The number of benzene rings is 1. The summed E-state index contributed by atoms with van der Waals surface area (Å²) in [5.74, 6) is 1.62. The molecular formula is C18H32N2O2+2. The summed E-state index contributed by atoms with van der Waals surface area (Å²) < 4.78 is 10.6. The standard InChI is InChI=1S/C18H30N2O2/c1-15-7-4-5-11-20(15)12-6-10-19-14-16-8-9-17(21-2)18(13-16)22-3/h8-9,13,15,19H,4-7,10-12,14H2,1-3H3/p+2/t15-/m0/s1. The van der Waals surface area contributed by atoms with Gasteiger partial charge in [0.25, 0.3) is 0 Å². The molecule has 0 amide bonds. The van der Waals surface area contributed by atoms with Crippen molar-refractivity contribution in [1.82, 2.24) is 0 Å². The lowest BCUT2D eigenvalue weighted by Crippen LogP contribution is -3.16. The molecule has 1 aromatic carbocycles. The number of hydrogen-bond acceptors (Lipinski definition) is 2. The van der Waals surface area contributed by atoms with Gasteiger partial charge in [0.1, 0.15) is 6.54 Å². The lowest BCUT2D eigenvalue weighted by Gasteiger charge is -2.29.